The number of carbonyl (C=O) groups excluding carboxylic acids is 2. The molecule has 238 valence electrons. The summed E-state index contributed by atoms with van der Waals surface area (Å²) in [5, 5.41) is 16.6. The summed E-state index contributed by atoms with van der Waals surface area (Å²) in [7, 11) is -2.48. The Balaban J connectivity index is 1.57. The van der Waals surface area contributed by atoms with Crippen molar-refractivity contribution in [3.63, 3.8) is 0 Å². The van der Waals surface area contributed by atoms with Crippen LogP contribution in [0.3, 0.4) is 0 Å². The van der Waals surface area contributed by atoms with Gasteiger partial charge in [0.15, 0.2) is 5.76 Å². The second-order valence-corrected chi connectivity index (χ2v) is 13.4. The number of aromatic nitrogens is 1. The number of aryl methyl sites for hydroxylation is 2. The van der Waals surface area contributed by atoms with Crippen LogP contribution in [-0.2, 0) is 30.8 Å². The van der Waals surface area contributed by atoms with Crippen molar-refractivity contribution in [2.24, 2.45) is 5.92 Å². The third-order valence-electron chi connectivity index (χ3n) is 8.03. The number of amides is 2. The fourth-order valence-corrected chi connectivity index (χ4v) is 6.85. The van der Waals surface area contributed by atoms with Gasteiger partial charge in [-0.25, -0.2) is 8.42 Å². The number of benzene rings is 1. The minimum Gasteiger partial charge on any atom is -0.488 e. The third kappa shape index (κ3) is 7.92. The number of hydrogen-bond donors (Lipinski definition) is 2. The molecular weight excluding hydrogens is 578 g/mol. The third-order valence-corrected chi connectivity index (χ3v) is 10.1. The van der Waals surface area contributed by atoms with Crippen molar-refractivity contribution in [1.82, 2.24) is 19.3 Å². The standard InChI is InChI=1S/C29H43N5O8S/c1-19-16-34(20(2)18-35)28(37)15-23-14-24(30-27(36)8-9-33-10-12-40-13-11-33)6-7-25(23)41-26(19)17-32(5)43(38,39)29-21(3)31-42-22(29)4/h6-7,14,19-20,26,35H,8-13,15-18H2,1-5H3,(H,30,36)/t19-,20+,26+/m1/s1. The van der Waals surface area contributed by atoms with Gasteiger partial charge in [0, 0.05) is 56.8 Å². The molecule has 43 heavy (non-hydrogen) atoms. The Labute approximate surface area is 253 Å². The number of carbonyl (C=O) groups is 2. The fourth-order valence-electron chi connectivity index (χ4n) is 5.38. The zero-order valence-electron chi connectivity index (χ0n) is 25.5. The predicted octanol–water partition coefficient (Wildman–Crippen LogP) is 1.42. The molecule has 2 N–H and O–H groups in total. The lowest BCUT2D eigenvalue weighted by Gasteiger charge is -2.33. The van der Waals surface area contributed by atoms with E-state index < -0.39 is 22.2 Å². The quantitative estimate of drug-likeness (QED) is 0.398. The van der Waals surface area contributed by atoms with Crippen LogP contribution in [0.2, 0.25) is 0 Å². The number of anilines is 1. The molecule has 0 spiro atoms. The van der Waals surface area contributed by atoms with Crippen LogP contribution in [0.1, 0.15) is 37.3 Å². The second kappa shape index (κ2) is 14.2. The number of aliphatic hydroxyl groups is 1. The highest BCUT2D eigenvalue weighted by atomic mass is 32.2. The molecule has 2 aliphatic heterocycles. The SMILES string of the molecule is Cc1noc(C)c1S(=O)(=O)N(C)C[C@@H]1Oc2ccc(NC(=O)CCN3CCOCC3)cc2CC(=O)N([C@@H](C)CO)C[C@H]1C. The number of ether oxygens (including phenoxy) is 2. The highest BCUT2D eigenvalue weighted by molar-refractivity contribution is 7.89. The minimum absolute atomic E-state index is 0.0101. The topological polar surface area (TPSA) is 155 Å². The van der Waals surface area contributed by atoms with Crippen molar-refractivity contribution < 1.29 is 37.1 Å². The van der Waals surface area contributed by atoms with E-state index in [0.717, 1.165) is 13.1 Å². The van der Waals surface area contributed by atoms with Crippen molar-refractivity contribution in [2.75, 3.05) is 64.9 Å². The van der Waals surface area contributed by atoms with Crippen molar-refractivity contribution in [3.05, 3.63) is 35.2 Å². The number of morpholine rings is 1. The van der Waals surface area contributed by atoms with E-state index in [2.05, 4.69) is 15.4 Å². The van der Waals surface area contributed by atoms with Gasteiger partial charge in [-0.3, -0.25) is 14.5 Å². The van der Waals surface area contributed by atoms with Crippen molar-refractivity contribution in [1.29, 1.82) is 0 Å². The minimum atomic E-state index is -3.95. The Morgan fingerprint density at radius 2 is 1.98 bits per heavy atom. The first kappa shape index (κ1) is 32.9. The molecule has 2 aliphatic rings. The van der Waals surface area contributed by atoms with Crippen LogP contribution in [0.15, 0.2) is 27.6 Å². The summed E-state index contributed by atoms with van der Waals surface area (Å²) in [6.07, 6.45) is -0.337. The second-order valence-electron chi connectivity index (χ2n) is 11.4. The summed E-state index contributed by atoms with van der Waals surface area (Å²) in [6.45, 7) is 10.3. The maximum Gasteiger partial charge on any atom is 0.248 e. The Morgan fingerprint density at radius 1 is 1.26 bits per heavy atom. The summed E-state index contributed by atoms with van der Waals surface area (Å²) in [6, 6.07) is 4.69. The lowest BCUT2D eigenvalue weighted by molar-refractivity contribution is -0.134. The van der Waals surface area contributed by atoms with Gasteiger partial charge in [-0.15, -0.1) is 0 Å². The van der Waals surface area contributed by atoms with Gasteiger partial charge in [0.1, 0.15) is 22.4 Å². The maximum absolute atomic E-state index is 13.5. The molecule has 0 bridgehead atoms. The first-order valence-corrected chi connectivity index (χ1v) is 16.0. The van der Waals surface area contributed by atoms with E-state index >= 15 is 0 Å². The molecule has 0 aliphatic carbocycles. The normalized spacial score (nSPS) is 21.0. The molecule has 2 amide bonds. The molecule has 4 rings (SSSR count). The van der Waals surface area contributed by atoms with Gasteiger partial charge in [-0.2, -0.15) is 4.31 Å². The molecule has 3 atom stereocenters. The lowest BCUT2D eigenvalue weighted by Crippen LogP contribution is -2.48. The molecule has 1 fully saturated rings. The fraction of sp³-hybridized carbons (Fsp3) is 0.621. The zero-order valence-corrected chi connectivity index (χ0v) is 26.4. The van der Waals surface area contributed by atoms with E-state index in [0.29, 0.717) is 43.2 Å². The summed E-state index contributed by atoms with van der Waals surface area (Å²) < 4.78 is 45.1. The summed E-state index contributed by atoms with van der Waals surface area (Å²) >= 11 is 0. The molecule has 0 radical (unpaired) electrons. The summed E-state index contributed by atoms with van der Waals surface area (Å²) in [4.78, 5) is 30.0. The van der Waals surface area contributed by atoms with Gasteiger partial charge in [-0.05, 0) is 39.0 Å². The van der Waals surface area contributed by atoms with Crippen LogP contribution >= 0.6 is 0 Å². The van der Waals surface area contributed by atoms with Gasteiger partial charge in [0.25, 0.3) is 0 Å². The van der Waals surface area contributed by atoms with E-state index in [-0.39, 0.29) is 60.2 Å². The van der Waals surface area contributed by atoms with Crippen LogP contribution in [0.5, 0.6) is 5.75 Å². The smallest absolute Gasteiger partial charge is 0.248 e. The van der Waals surface area contributed by atoms with Crippen LogP contribution in [0.4, 0.5) is 5.69 Å². The Hall–Kier alpha value is -3.04. The van der Waals surface area contributed by atoms with Crippen LogP contribution < -0.4 is 10.1 Å². The average molecular weight is 622 g/mol. The first-order valence-electron chi connectivity index (χ1n) is 14.6. The van der Waals surface area contributed by atoms with Gasteiger partial charge in [0.2, 0.25) is 21.8 Å². The number of sulfonamides is 1. The van der Waals surface area contributed by atoms with Crippen molar-refractivity contribution in [2.45, 2.75) is 57.6 Å². The molecule has 1 aromatic heterocycles. The number of hydrogen-bond acceptors (Lipinski definition) is 10. The van der Waals surface area contributed by atoms with Crippen molar-refractivity contribution in [3.8, 4) is 5.75 Å². The van der Waals surface area contributed by atoms with Crippen molar-refractivity contribution >= 4 is 27.5 Å². The molecule has 13 nitrogen and oxygen atoms in total. The van der Waals surface area contributed by atoms with E-state index in [1.54, 1.807) is 43.9 Å². The molecule has 0 saturated carbocycles. The first-order chi connectivity index (χ1) is 20.4. The summed E-state index contributed by atoms with van der Waals surface area (Å²) in [5.74, 6) is -0.0172. The van der Waals surface area contributed by atoms with Gasteiger partial charge < -0.3 is 29.3 Å². The number of rotatable bonds is 10. The Kier molecular flexibility index (Phi) is 10.8. The maximum atomic E-state index is 13.5. The monoisotopic (exact) mass is 621 g/mol. The van der Waals surface area contributed by atoms with Gasteiger partial charge >= 0.3 is 0 Å². The highest BCUT2D eigenvalue weighted by Gasteiger charge is 2.35. The van der Waals surface area contributed by atoms with E-state index in [9.17, 15) is 23.1 Å². The number of nitrogens with zero attached hydrogens (tertiary/aromatic N) is 4. The Bertz CT molecular complexity index is 1370. The number of likely N-dealkylation sites (N-methyl/N-ethyl adjacent to an activating group) is 1. The average Bonchev–Trinajstić information content (AvgIpc) is 3.34. The van der Waals surface area contributed by atoms with Gasteiger partial charge in [-0.1, -0.05) is 12.1 Å². The molecule has 0 unspecified atom stereocenters. The van der Waals surface area contributed by atoms with E-state index in [4.69, 9.17) is 14.0 Å². The molecule has 2 aromatic rings. The van der Waals surface area contributed by atoms with Crippen LogP contribution in [0, 0.1) is 19.8 Å². The molecule has 14 heteroatoms. The molecule has 1 aromatic carbocycles. The largest absolute Gasteiger partial charge is 0.488 e. The molecule has 1 saturated heterocycles. The van der Waals surface area contributed by atoms with E-state index in [1.807, 2.05) is 6.92 Å². The van der Waals surface area contributed by atoms with Gasteiger partial charge in [0.05, 0.1) is 38.8 Å². The highest BCUT2D eigenvalue weighted by Crippen LogP contribution is 2.30. The molecule has 3 heterocycles. The van der Waals surface area contributed by atoms with Crippen LogP contribution in [-0.4, -0.2) is 116 Å². The summed E-state index contributed by atoms with van der Waals surface area (Å²) in [5.41, 5.74) is 1.36. The Morgan fingerprint density at radius 3 is 2.63 bits per heavy atom. The predicted molar refractivity (Wildman–Crippen MR) is 158 cm³/mol. The van der Waals surface area contributed by atoms with E-state index in [1.165, 1.54) is 11.4 Å². The number of aliphatic hydroxyl groups excluding tert-OH is 1. The number of fused-ring (bicyclic) bond motifs is 1. The zero-order chi connectivity index (χ0) is 31.3. The molecular formula is C29H43N5O8S. The number of nitrogens with one attached hydrogen (secondary N) is 1. The lowest BCUT2D eigenvalue weighted by atomic mass is 10.0. The van der Waals surface area contributed by atoms with Crippen LogP contribution in [0.25, 0.3) is 0 Å².